The van der Waals surface area contributed by atoms with Crippen LogP contribution in [0.5, 0.6) is 0 Å². The van der Waals surface area contributed by atoms with Crippen LogP contribution in [0.2, 0.25) is 0 Å². The molecule has 2 aromatic carbocycles. The Morgan fingerprint density at radius 2 is 1.72 bits per heavy atom. The van der Waals surface area contributed by atoms with Crippen LogP contribution in [0.25, 0.3) is 11.1 Å². The fourth-order valence-corrected chi connectivity index (χ4v) is 3.75. The van der Waals surface area contributed by atoms with Crippen LogP contribution in [0.4, 0.5) is 11.4 Å². The fourth-order valence-electron chi connectivity index (χ4n) is 2.63. The van der Waals surface area contributed by atoms with Gasteiger partial charge in [0.15, 0.2) is 0 Å². The van der Waals surface area contributed by atoms with Crippen molar-refractivity contribution >= 4 is 21.4 Å². The number of nitrogens with one attached hydrogen (secondary N) is 1. The topological polar surface area (TPSA) is 98.2 Å². The van der Waals surface area contributed by atoms with Crippen molar-refractivity contribution < 1.29 is 12.9 Å². The Morgan fingerprint density at radius 1 is 1.04 bits per heavy atom. The van der Waals surface area contributed by atoms with Gasteiger partial charge in [-0.3, -0.25) is 4.72 Å². The molecule has 3 N–H and O–H groups in total. The van der Waals surface area contributed by atoms with E-state index < -0.39 is 10.0 Å². The quantitative estimate of drug-likeness (QED) is 0.695. The van der Waals surface area contributed by atoms with E-state index in [1.54, 1.807) is 18.2 Å². The highest BCUT2D eigenvalue weighted by molar-refractivity contribution is 7.92. The van der Waals surface area contributed by atoms with Crippen molar-refractivity contribution in [2.75, 3.05) is 10.5 Å². The number of rotatable bonds is 4. The Morgan fingerprint density at radius 3 is 2.32 bits per heavy atom. The average Bonchev–Trinajstić information content (AvgIpc) is 2.89. The van der Waals surface area contributed by atoms with Crippen LogP contribution in [0, 0.1) is 20.8 Å². The van der Waals surface area contributed by atoms with E-state index in [-0.39, 0.29) is 4.90 Å². The van der Waals surface area contributed by atoms with Gasteiger partial charge in [0.25, 0.3) is 10.0 Å². The minimum atomic E-state index is -3.70. The van der Waals surface area contributed by atoms with Crippen molar-refractivity contribution in [3.63, 3.8) is 0 Å². The summed E-state index contributed by atoms with van der Waals surface area (Å²) in [6.45, 7) is 5.52. The smallest absolute Gasteiger partial charge is 0.261 e. The molecule has 0 spiro atoms. The molecule has 6 nitrogen and oxygen atoms in total. The van der Waals surface area contributed by atoms with Gasteiger partial charge in [-0.15, -0.1) is 0 Å². The van der Waals surface area contributed by atoms with E-state index in [1.165, 1.54) is 12.1 Å². The number of aryl methyl sites for hydroxylation is 3. The number of benzene rings is 2. The number of aromatic nitrogens is 1. The van der Waals surface area contributed by atoms with Crippen LogP contribution in [0.3, 0.4) is 0 Å². The van der Waals surface area contributed by atoms with Gasteiger partial charge < -0.3 is 10.3 Å². The van der Waals surface area contributed by atoms with Gasteiger partial charge in [0.2, 0.25) is 0 Å². The van der Waals surface area contributed by atoms with E-state index in [0.717, 1.165) is 22.4 Å². The van der Waals surface area contributed by atoms with Crippen molar-refractivity contribution in [1.29, 1.82) is 0 Å². The monoisotopic (exact) mass is 357 g/mol. The first-order valence-corrected chi connectivity index (χ1v) is 9.18. The summed E-state index contributed by atoms with van der Waals surface area (Å²) in [6, 6.07) is 11.6. The molecule has 130 valence electrons. The molecule has 0 aliphatic carbocycles. The zero-order valence-electron chi connectivity index (χ0n) is 14.2. The van der Waals surface area contributed by atoms with Gasteiger partial charge in [-0.05, 0) is 62.2 Å². The molecule has 0 unspecified atom stereocenters. The highest BCUT2D eigenvalue weighted by Crippen LogP contribution is 2.31. The molecule has 25 heavy (non-hydrogen) atoms. The minimum Gasteiger partial charge on any atom is -0.399 e. The van der Waals surface area contributed by atoms with Gasteiger partial charge in [0.05, 0.1) is 16.3 Å². The number of nitrogen functional groups attached to an aromatic ring is 1. The molecule has 3 aromatic rings. The molecule has 0 fully saturated rings. The van der Waals surface area contributed by atoms with Gasteiger partial charge in [-0.25, -0.2) is 8.42 Å². The lowest BCUT2D eigenvalue weighted by molar-refractivity contribution is 0.393. The van der Waals surface area contributed by atoms with Crippen LogP contribution >= 0.6 is 0 Å². The summed E-state index contributed by atoms with van der Waals surface area (Å²) in [5.74, 6) is 0.689. The molecule has 1 aromatic heterocycles. The third-order valence-electron chi connectivity index (χ3n) is 3.99. The molecule has 7 heteroatoms. The molecular formula is C18H19N3O3S. The Kier molecular flexibility index (Phi) is 4.26. The summed E-state index contributed by atoms with van der Waals surface area (Å²) in [4.78, 5) is 0.156. The Balaban J connectivity index is 2.00. The zero-order chi connectivity index (χ0) is 18.2. The molecule has 0 bridgehead atoms. The SMILES string of the molecule is Cc1ccc(-c2c(C)noc2C)cc1NS(=O)(=O)c1ccc(N)cc1. The molecule has 0 aliphatic rings. The Bertz CT molecular complexity index is 1000. The van der Waals surface area contributed by atoms with Gasteiger partial charge in [-0.1, -0.05) is 17.3 Å². The van der Waals surface area contributed by atoms with Crippen molar-refractivity contribution in [3.8, 4) is 11.1 Å². The van der Waals surface area contributed by atoms with Crippen LogP contribution in [-0.4, -0.2) is 13.6 Å². The Hall–Kier alpha value is -2.80. The molecule has 0 aliphatic heterocycles. The summed E-state index contributed by atoms with van der Waals surface area (Å²) >= 11 is 0. The number of nitrogens with two attached hydrogens (primary N) is 1. The molecule has 0 amide bonds. The van der Waals surface area contributed by atoms with Crippen molar-refractivity contribution in [2.45, 2.75) is 25.7 Å². The average molecular weight is 357 g/mol. The Labute approximate surface area is 146 Å². The maximum absolute atomic E-state index is 12.6. The third-order valence-corrected chi connectivity index (χ3v) is 5.38. The summed E-state index contributed by atoms with van der Waals surface area (Å²) < 4.78 is 33.1. The molecule has 3 rings (SSSR count). The first kappa shape index (κ1) is 17.0. The van der Waals surface area contributed by atoms with E-state index >= 15 is 0 Å². The van der Waals surface area contributed by atoms with Crippen LogP contribution < -0.4 is 10.5 Å². The second kappa shape index (κ2) is 6.25. The van der Waals surface area contributed by atoms with E-state index in [1.807, 2.05) is 32.9 Å². The van der Waals surface area contributed by atoms with Crippen molar-refractivity contribution in [1.82, 2.24) is 5.16 Å². The lowest BCUT2D eigenvalue weighted by atomic mass is 10.0. The lowest BCUT2D eigenvalue weighted by Crippen LogP contribution is -2.13. The minimum absolute atomic E-state index is 0.156. The number of hydrogen-bond acceptors (Lipinski definition) is 5. The van der Waals surface area contributed by atoms with Gasteiger partial charge in [-0.2, -0.15) is 0 Å². The zero-order valence-corrected chi connectivity index (χ0v) is 15.0. The van der Waals surface area contributed by atoms with Crippen molar-refractivity contribution in [2.24, 2.45) is 0 Å². The molecule has 0 atom stereocenters. The predicted molar refractivity (Wildman–Crippen MR) is 97.8 cm³/mol. The number of nitrogens with zero attached hydrogens (tertiary/aromatic N) is 1. The summed E-state index contributed by atoms with van der Waals surface area (Å²) in [5.41, 5.74) is 9.92. The van der Waals surface area contributed by atoms with E-state index in [2.05, 4.69) is 9.88 Å². The molecule has 0 saturated heterocycles. The highest BCUT2D eigenvalue weighted by Gasteiger charge is 2.17. The molecule has 0 saturated carbocycles. The van der Waals surface area contributed by atoms with Gasteiger partial charge in [0.1, 0.15) is 5.76 Å². The van der Waals surface area contributed by atoms with Gasteiger partial charge >= 0.3 is 0 Å². The summed E-state index contributed by atoms with van der Waals surface area (Å²) in [5, 5.41) is 3.95. The predicted octanol–water partition coefficient (Wildman–Crippen LogP) is 3.65. The first-order chi connectivity index (χ1) is 11.8. The second-order valence-electron chi connectivity index (χ2n) is 5.90. The first-order valence-electron chi connectivity index (χ1n) is 7.70. The maximum atomic E-state index is 12.6. The normalized spacial score (nSPS) is 11.5. The van der Waals surface area contributed by atoms with Crippen LogP contribution in [0.15, 0.2) is 51.9 Å². The lowest BCUT2D eigenvalue weighted by Gasteiger charge is -2.12. The molecule has 0 radical (unpaired) electrons. The van der Waals surface area contributed by atoms with Crippen molar-refractivity contribution in [3.05, 3.63) is 59.5 Å². The summed E-state index contributed by atoms with van der Waals surface area (Å²) in [6.07, 6.45) is 0. The second-order valence-corrected chi connectivity index (χ2v) is 7.59. The van der Waals surface area contributed by atoms with E-state index in [9.17, 15) is 8.42 Å². The van der Waals surface area contributed by atoms with Gasteiger partial charge in [0, 0.05) is 11.3 Å². The highest BCUT2D eigenvalue weighted by atomic mass is 32.2. The van der Waals surface area contributed by atoms with E-state index in [4.69, 9.17) is 10.3 Å². The fraction of sp³-hybridized carbons (Fsp3) is 0.167. The third kappa shape index (κ3) is 3.36. The maximum Gasteiger partial charge on any atom is 0.261 e. The van der Waals surface area contributed by atoms with Crippen LogP contribution in [-0.2, 0) is 10.0 Å². The molecule has 1 heterocycles. The largest absolute Gasteiger partial charge is 0.399 e. The number of hydrogen-bond donors (Lipinski definition) is 2. The number of sulfonamides is 1. The molecular weight excluding hydrogens is 338 g/mol. The van der Waals surface area contributed by atoms with Crippen LogP contribution in [0.1, 0.15) is 17.0 Å². The van der Waals surface area contributed by atoms with E-state index in [0.29, 0.717) is 17.1 Å². The standard InChI is InChI=1S/C18H19N3O3S/c1-11-4-5-14(18-12(2)20-24-13(18)3)10-17(11)21-25(22,23)16-8-6-15(19)7-9-16/h4-10,21H,19H2,1-3H3. The number of anilines is 2. The summed E-state index contributed by atoms with van der Waals surface area (Å²) in [7, 11) is -3.70.